The molecule has 114 valence electrons. The SMILES string of the molecule is CCCOc1ccc(C2C=CC(SCCC)=NC2)c(O)c1. The Morgan fingerprint density at radius 3 is 2.81 bits per heavy atom. The molecule has 0 aromatic heterocycles. The summed E-state index contributed by atoms with van der Waals surface area (Å²) in [6.07, 6.45) is 6.31. The van der Waals surface area contributed by atoms with Crippen LogP contribution in [0.2, 0.25) is 0 Å². The molecule has 1 atom stereocenters. The van der Waals surface area contributed by atoms with Gasteiger partial charge < -0.3 is 9.84 Å². The lowest BCUT2D eigenvalue weighted by Gasteiger charge is -2.17. The lowest BCUT2D eigenvalue weighted by molar-refractivity contribution is 0.315. The predicted octanol–water partition coefficient (Wildman–Crippen LogP) is 4.38. The Hall–Kier alpha value is -1.42. The Balaban J connectivity index is 2.00. The maximum atomic E-state index is 10.2. The van der Waals surface area contributed by atoms with Gasteiger partial charge in [0.2, 0.25) is 0 Å². The van der Waals surface area contributed by atoms with Crippen LogP contribution in [-0.2, 0) is 0 Å². The molecule has 21 heavy (non-hydrogen) atoms. The van der Waals surface area contributed by atoms with Gasteiger partial charge in [-0.1, -0.05) is 26.0 Å². The number of aliphatic imine (C=N–C) groups is 1. The highest BCUT2D eigenvalue weighted by atomic mass is 32.2. The molecule has 0 saturated carbocycles. The van der Waals surface area contributed by atoms with Gasteiger partial charge in [-0.3, -0.25) is 4.99 Å². The average molecular weight is 305 g/mol. The Bertz CT molecular complexity index is 526. The summed E-state index contributed by atoms with van der Waals surface area (Å²) < 4.78 is 5.53. The van der Waals surface area contributed by atoms with Gasteiger partial charge >= 0.3 is 0 Å². The van der Waals surface area contributed by atoms with E-state index >= 15 is 0 Å². The molecule has 1 aromatic carbocycles. The van der Waals surface area contributed by atoms with Crippen molar-refractivity contribution in [1.29, 1.82) is 0 Å². The van der Waals surface area contributed by atoms with Gasteiger partial charge in [0.1, 0.15) is 11.5 Å². The first-order valence-electron chi connectivity index (χ1n) is 7.55. The molecule has 1 aliphatic rings. The van der Waals surface area contributed by atoms with E-state index < -0.39 is 0 Å². The third-order valence-corrected chi connectivity index (χ3v) is 4.42. The number of nitrogens with zero attached hydrogens (tertiary/aromatic N) is 1. The van der Waals surface area contributed by atoms with E-state index in [2.05, 4.69) is 31.0 Å². The number of ether oxygens (including phenoxy) is 1. The number of hydrogen-bond acceptors (Lipinski definition) is 4. The number of dihydropyridines is 1. The summed E-state index contributed by atoms with van der Waals surface area (Å²) in [6, 6.07) is 5.56. The second-order valence-corrected chi connectivity index (χ2v) is 6.18. The van der Waals surface area contributed by atoms with Gasteiger partial charge in [-0.15, -0.1) is 11.8 Å². The summed E-state index contributed by atoms with van der Waals surface area (Å²) in [4.78, 5) is 4.59. The van der Waals surface area contributed by atoms with Gasteiger partial charge in [0.25, 0.3) is 0 Å². The number of thioether (sulfide) groups is 1. The number of benzene rings is 1. The van der Waals surface area contributed by atoms with Crippen LogP contribution in [0.5, 0.6) is 11.5 Å². The van der Waals surface area contributed by atoms with Crippen molar-refractivity contribution >= 4 is 16.8 Å². The van der Waals surface area contributed by atoms with Gasteiger partial charge in [0, 0.05) is 17.5 Å². The quantitative estimate of drug-likeness (QED) is 0.848. The lowest BCUT2D eigenvalue weighted by atomic mass is 9.96. The van der Waals surface area contributed by atoms with E-state index in [1.54, 1.807) is 17.8 Å². The van der Waals surface area contributed by atoms with Crippen molar-refractivity contribution < 1.29 is 9.84 Å². The Kier molecular flexibility index (Phi) is 6.18. The predicted molar refractivity (Wildman–Crippen MR) is 90.8 cm³/mol. The van der Waals surface area contributed by atoms with Crippen LogP contribution in [0.1, 0.15) is 38.2 Å². The smallest absolute Gasteiger partial charge is 0.123 e. The van der Waals surface area contributed by atoms with Crippen LogP contribution in [0.15, 0.2) is 35.3 Å². The van der Waals surface area contributed by atoms with Gasteiger partial charge in [-0.05, 0) is 30.7 Å². The van der Waals surface area contributed by atoms with Crippen LogP contribution in [0.4, 0.5) is 0 Å². The summed E-state index contributed by atoms with van der Waals surface area (Å²) >= 11 is 1.79. The zero-order chi connectivity index (χ0) is 15.1. The van der Waals surface area contributed by atoms with E-state index in [9.17, 15) is 5.11 Å². The van der Waals surface area contributed by atoms with Crippen molar-refractivity contribution in [2.45, 2.75) is 32.6 Å². The molecular formula is C17H23NO2S. The van der Waals surface area contributed by atoms with E-state index in [0.29, 0.717) is 13.2 Å². The van der Waals surface area contributed by atoms with Crippen molar-refractivity contribution in [3.8, 4) is 11.5 Å². The fraction of sp³-hybridized carbons (Fsp3) is 0.471. The van der Waals surface area contributed by atoms with E-state index in [-0.39, 0.29) is 11.7 Å². The highest BCUT2D eigenvalue weighted by molar-refractivity contribution is 8.14. The van der Waals surface area contributed by atoms with Crippen molar-refractivity contribution in [2.24, 2.45) is 4.99 Å². The zero-order valence-corrected chi connectivity index (χ0v) is 13.5. The molecule has 0 aliphatic carbocycles. The second-order valence-electron chi connectivity index (χ2n) is 5.06. The van der Waals surface area contributed by atoms with Crippen molar-refractivity contribution in [2.75, 3.05) is 18.9 Å². The molecule has 1 aromatic rings. The molecule has 0 saturated heterocycles. The number of aromatic hydroxyl groups is 1. The number of rotatable bonds is 6. The Morgan fingerprint density at radius 2 is 2.19 bits per heavy atom. The first kappa shape index (κ1) is 16.0. The molecule has 0 radical (unpaired) electrons. The molecule has 0 amide bonds. The zero-order valence-electron chi connectivity index (χ0n) is 12.7. The minimum atomic E-state index is 0.149. The third-order valence-electron chi connectivity index (χ3n) is 3.24. The topological polar surface area (TPSA) is 41.8 Å². The van der Waals surface area contributed by atoms with Crippen LogP contribution >= 0.6 is 11.8 Å². The molecular weight excluding hydrogens is 282 g/mol. The number of phenols is 1. The molecule has 0 spiro atoms. The van der Waals surface area contributed by atoms with Crippen LogP contribution in [-0.4, -0.2) is 29.1 Å². The molecule has 1 unspecified atom stereocenters. The lowest BCUT2D eigenvalue weighted by Crippen LogP contribution is -2.07. The van der Waals surface area contributed by atoms with E-state index in [1.165, 1.54) is 0 Å². The molecule has 1 heterocycles. The fourth-order valence-corrected chi connectivity index (χ4v) is 2.90. The van der Waals surface area contributed by atoms with Gasteiger partial charge in [0.15, 0.2) is 0 Å². The molecule has 1 N–H and O–H groups in total. The van der Waals surface area contributed by atoms with Crippen LogP contribution in [0.25, 0.3) is 0 Å². The van der Waals surface area contributed by atoms with Gasteiger partial charge in [0.05, 0.1) is 18.2 Å². The summed E-state index contributed by atoms with van der Waals surface area (Å²) in [5.74, 6) is 2.26. The van der Waals surface area contributed by atoms with E-state index in [1.807, 2.05) is 12.1 Å². The van der Waals surface area contributed by atoms with Crippen LogP contribution < -0.4 is 4.74 Å². The monoisotopic (exact) mass is 305 g/mol. The highest BCUT2D eigenvalue weighted by Crippen LogP contribution is 2.32. The van der Waals surface area contributed by atoms with Crippen molar-refractivity contribution in [3.05, 3.63) is 35.9 Å². The van der Waals surface area contributed by atoms with Crippen molar-refractivity contribution in [3.63, 3.8) is 0 Å². The minimum Gasteiger partial charge on any atom is -0.508 e. The molecule has 1 aliphatic heterocycles. The van der Waals surface area contributed by atoms with E-state index in [4.69, 9.17) is 4.74 Å². The maximum Gasteiger partial charge on any atom is 0.123 e. The molecule has 2 rings (SSSR count). The summed E-state index contributed by atoms with van der Waals surface area (Å²) in [5, 5.41) is 11.3. The summed E-state index contributed by atoms with van der Waals surface area (Å²) in [5.41, 5.74) is 0.915. The molecule has 0 fully saturated rings. The maximum absolute atomic E-state index is 10.2. The third kappa shape index (κ3) is 4.53. The average Bonchev–Trinajstić information content (AvgIpc) is 2.52. The van der Waals surface area contributed by atoms with E-state index in [0.717, 1.165) is 35.0 Å². The second kappa shape index (κ2) is 8.13. The molecule has 4 heteroatoms. The van der Waals surface area contributed by atoms with Crippen molar-refractivity contribution in [1.82, 2.24) is 0 Å². The normalized spacial score (nSPS) is 17.6. The summed E-state index contributed by atoms with van der Waals surface area (Å²) in [6.45, 7) is 5.60. The number of hydrogen-bond donors (Lipinski definition) is 1. The fourth-order valence-electron chi connectivity index (χ4n) is 2.15. The minimum absolute atomic E-state index is 0.149. The molecule has 3 nitrogen and oxygen atoms in total. The first-order chi connectivity index (χ1) is 10.2. The molecule has 0 bridgehead atoms. The summed E-state index contributed by atoms with van der Waals surface area (Å²) in [7, 11) is 0. The standard InChI is InChI=1S/C17H23NO2S/c1-3-9-20-14-6-7-15(16(19)11-14)13-5-8-17(18-12-13)21-10-4-2/h5-8,11,13,19H,3-4,9-10,12H2,1-2H3. The van der Waals surface area contributed by atoms with Crippen LogP contribution in [0, 0.1) is 0 Å². The number of phenolic OH excluding ortho intramolecular Hbond substituents is 1. The first-order valence-corrected chi connectivity index (χ1v) is 8.54. The Morgan fingerprint density at radius 1 is 1.33 bits per heavy atom. The van der Waals surface area contributed by atoms with Gasteiger partial charge in [-0.25, -0.2) is 0 Å². The van der Waals surface area contributed by atoms with Gasteiger partial charge in [-0.2, -0.15) is 0 Å². The highest BCUT2D eigenvalue weighted by Gasteiger charge is 2.16. The van der Waals surface area contributed by atoms with Crippen LogP contribution in [0.3, 0.4) is 0 Å². The largest absolute Gasteiger partial charge is 0.508 e. The Labute approximate surface area is 131 Å².